The molecule has 52 heavy (non-hydrogen) atoms. The molecule has 0 amide bonds. The number of nitrogens with zero attached hydrogens (tertiary/aromatic N) is 1. The fourth-order valence-corrected chi connectivity index (χ4v) is 12.3. The molecule has 0 bridgehead atoms. The minimum absolute atomic E-state index is 0.149. The van der Waals surface area contributed by atoms with E-state index in [1.165, 1.54) is 108 Å². The highest BCUT2D eigenvalue weighted by molar-refractivity contribution is 6.13. The van der Waals surface area contributed by atoms with E-state index in [0.29, 0.717) is 29.1 Å². The highest BCUT2D eigenvalue weighted by Gasteiger charge is 2.62. The minimum atomic E-state index is 0.149. The van der Waals surface area contributed by atoms with Crippen LogP contribution in [0.25, 0.3) is 38.5 Å². The average molecular weight is 678 g/mol. The van der Waals surface area contributed by atoms with E-state index in [-0.39, 0.29) is 5.41 Å². The smallest absolute Gasteiger partial charge is 0.110 e. The highest BCUT2D eigenvalue weighted by Crippen LogP contribution is 2.69. The van der Waals surface area contributed by atoms with Gasteiger partial charge in [-0.1, -0.05) is 135 Å². The summed E-state index contributed by atoms with van der Waals surface area (Å²) in [6, 6.07) is 38.1. The van der Waals surface area contributed by atoms with Gasteiger partial charge in [0.2, 0.25) is 0 Å². The second-order valence-corrected chi connectivity index (χ2v) is 17.3. The molecule has 0 saturated heterocycles. The molecule has 1 heterocycles. The number of aromatic nitrogens is 1. The summed E-state index contributed by atoms with van der Waals surface area (Å²) in [5, 5.41) is 2.78. The Morgan fingerprint density at radius 1 is 0.731 bits per heavy atom. The molecule has 5 aliphatic rings. The Kier molecular flexibility index (Phi) is 7.89. The zero-order valence-electron chi connectivity index (χ0n) is 31.2. The first-order valence-electron chi connectivity index (χ1n) is 20.5. The Hall–Kier alpha value is -4.30. The van der Waals surface area contributed by atoms with Crippen LogP contribution in [0.1, 0.15) is 94.7 Å². The number of benzene rings is 4. The first kappa shape index (κ1) is 32.4. The maximum absolute atomic E-state index is 2.78. The molecule has 5 aromatic rings. The lowest BCUT2D eigenvalue weighted by Crippen LogP contribution is -2.52. The Bertz CT molecular complexity index is 2290. The zero-order valence-corrected chi connectivity index (χ0v) is 31.2. The molecule has 2 saturated carbocycles. The molecule has 5 aliphatic carbocycles. The van der Waals surface area contributed by atoms with Crippen molar-refractivity contribution in [1.82, 2.24) is 4.57 Å². The Labute approximate surface area is 311 Å². The molecule has 10 rings (SSSR count). The molecule has 1 nitrogen and oxygen atoms in total. The van der Waals surface area contributed by atoms with Gasteiger partial charge in [-0.2, -0.15) is 0 Å². The highest BCUT2D eigenvalue weighted by atomic mass is 15.0. The van der Waals surface area contributed by atoms with Gasteiger partial charge in [0.25, 0.3) is 0 Å². The fraction of sp³-hybridized carbons (Fsp3) is 0.360. The lowest BCUT2D eigenvalue weighted by Gasteiger charge is -2.56. The number of hydrogen-bond donors (Lipinski definition) is 0. The van der Waals surface area contributed by atoms with E-state index in [9.17, 15) is 0 Å². The van der Waals surface area contributed by atoms with E-state index in [1.807, 2.05) is 5.57 Å². The van der Waals surface area contributed by atoms with Gasteiger partial charge in [-0.05, 0) is 132 Å². The van der Waals surface area contributed by atoms with E-state index in [0.717, 1.165) is 6.42 Å². The summed E-state index contributed by atoms with van der Waals surface area (Å²) in [5.74, 6) is 1.90. The van der Waals surface area contributed by atoms with Crippen LogP contribution in [-0.2, 0) is 5.41 Å². The van der Waals surface area contributed by atoms with Crippen molar-refractivity contribution in [2.75, 3.05) is 0 Å². The number of rotatable bonds is 5. The van der Waals surface area contributed by atoms with Crippen LogP contribution in [0.4, 0.5) is 0 Å². The quantitative estimate of drug-likeness (QED) is 0.163. The molecule has 260 valence electrons. The summed E-state index contributed by atoms with van der Waals surface area (Å²) in [7, 11) is 2.29. The van der Waals surface area contributed by atoms with Gasteiger partial charge in [-0.25, -0.2) is 0 Å². The second-order valence-electron chi connectivity index (χ2n) is 17.3. The molecule has 0 spiro atoms. The monoisotopic (exact) mass is 677 g/mol. The van der Waals surface area contributed by atoms with Crippen molar-refractivity contribution in [1.29, 1.82) is 0 Å². The van der Waals surface area contributed by atoms with E-state index in [1.54, 1.807) is 11.1 Å². The van der Waals surface area contributed by atoms with Crippen molar-refractivity contribution < 1.29 is 0 Å². The number of hydrogen-bond acceptors (Lipinski definition) is 0. The molecule has 2 fully saturated rings. The van der Waals surface area contributed by atoms with E-state index in [2.05, 4.69) is 147 Å². The minimum Gasteiger partial charge on any atom is -0.337 e. The molecule has 0 aliphatic heterocycles. The summed E-state index contributed by atoms with van der Waals surface area (Å²) in [6.45, 7) is 2.71. The molecular formula is C50H52BN. The predicted molar refractivity (Wildman–Crippen MR) is 223 cm³/mol. The first-order chi connectivity index (χ1) is 25.5. The van der Waals surface area contributed by atoms with Gasteiger partial charge in [0.1, 0.15) is 7.85 Å². The van der Waals surface area contributed by atoms with Crippen LogP contribution in [-0.4, -0.2) is 12.4 Å². The van der Waals surface area contributed by atoms with Crippen molar-refractivity contribution >= 4 is 35.2 Å². The van der Waals surface area contributed by atoms with E-state index >= 15 is 0 Å². The summed E-state index contributed by atoms with van der Waals surface area (Å²) >= 11 is 0. The molecule has 4 unspecified atom stereocenters. The fourth-order valence-electron chi connectivity index (χ4n) is 12.3. The van der Waals surface area contributed by atoms with Crippen LogP contribution in [0.15, 0.2) is 139 Å². The largest absolute Gasteiger partial charge is 0.337 e. The maximum Gasteiger partial charge on any atom is 0.110 e. The van der Waals surface area contributed by atoms with Gasteiger partial charge in [0, 0.05) is 33.3 Å². The van der Waals surface area contributed by atoms with Crippen molar-refractivity contribution in [2.24, 2.45) is 17.3 Å². The average Bonchev–Trinajstić information content (AvgIpc) is 3.69. The Morgan fingerprint density at radius 3 is 2.37 bits per heavy atom. The van der Waals surface area contributed by atoms with Crippen LogP contribution >= 0.6 is 0 Å². The van der Waals surface area contributed by atoms with Gasteiger partial charge in [-0.15, -0.1) is 0 Å². The maximum atomic E-state index is 2.78. The van der Waals surface area contributed by atoms with Crippen molar-refractivity contribution in [3.8, 4) is 11.1 Å². The molecule has 1 aromatic heterocycles. The molecule has 2 heteroatoms. The third-order valence-electron chi connectivity index (χ3n) is 14.5. The lowest BCUT2D eigenvalue weighted by molar-refractivity contribution is 0.0311. The van der Waals surface area contributed by atoms with Gasteiger partial charge >= 0.3 is 0 Å². The molecule has 0 N–H and O–H groups in total. The lowest BCUT2D eigenvalue weighted by atomic mass is 9.47. The Balaban J connectivity index is 1.06. The second kappa shape index (κ2) is 12.7. The Morgan fingerprint density at radius 2 is 1.52 bits per heavy atom. The summed E-state index contributed by atoms with van der Waals surface area (Å²) in [6.07, 6.45) is 26.4. The standard InChI is InChI=1S/C50H52BN/c1-49(29-10-3-11-30-49)50(38-15-4-2-5-16-38)45-19-8-6-17-41(45)43-33-40(26-27-46(43)50)52-47-20-9-7-18-42(47)44-32-37(23-28-48(44)52)36-14-12-13-35(31-36)34-21-24-39(51)25-22-34/h2,4-7,9,12-18,20-24,28,31-32,39-40,43,46H,3,8,10-11,19,25-27,29-30,33,51H2,1H3/t39?,40-,43?,46?,50?/m1/s1. The molecule has 4 aromatic carbocycles. The number of allylic oxidation sites excluding steroid dienone is 8. The zero-order chi connectivity index (χ0) is 34.9. The number of para-hydroxylation sites is 1. The number of fused-ring (bicyclic) bond motifs is 5. The first-order valence-corrected chi connectivity index (χ1v) is 20.5. The van der Waals surface area contributed by atoms with Crippen molar-refractivity contribution in [3.63, 3.8) is 0 Å². The van der Waals surface area contributed by atoms with Gasteiger partial charge in [0.05, 0.1) is 0 Å². The predicted octanol–water partition coefficient (Wildman–Crippen LogP) is 12.8. The van der Waals surface area contributed by atoms with Crippen molar-refractivity contribution in [3.05, 3.63) is 150 Å². The van der Waals surface area contributed by atoms with Crippen LogP contribution in [0.2, 0.25) is 5.82 Å². The normalized spacial score (nSPS) is 28.2. The molecule has 5 atom stereocenters. The van der Waals surface area contributed by atoms with E-state index in [4.69, 9.17) is 0 Å². The third kappa shape index (κ3) is 4.89. The SMILES string of the molecule is BC1C=CC(c2cccc(-c3ccc4c(c3)c3ccccc3n4[C@@H]3CCC4C(C3)C3=C(CCC=C3)C4(c3ccccc3)C3(C)CCCCC3)c2)=CC1. The summed E-state index contributed by atoms with van der Waals surface area (Å²) in [5.41, 5.74) is 13.7. The van der Waals surface area contributed by atoms with Crippen molar-refractivity contribution in [2.45, 2.75) is 94.8 Å². The molecular weight excluding hydrogens is 625 g/mol. The van der Waals surface area contributed by atoms with Gasteiger partial charge < -0.3 is 4.57 Å². The van der Waals surface area contributed by atoms with E-state index < -0.39 is 0 Å². The molecule has 0 radical (unpaired) electrons. The van der Waals surface area contributed by atoms with Gasteiger partial charge in [-0.3, -0.25) is 0 Å². The topological polar surface area (TPSA) is 4.93 Å². The van der Waals surface area contributed by atoms with Crippen LogP contribution in [0, 0.1) is 17.3 Å². The third-order valence-corrected chi connectivity index (χ3v) is 14.5. The van der Waals surface area contributed by atoms with Crippen LogP contribution in [0.3, 0.4) is 0 Å². The summed E-state index contributed by atoms with van der Waals surface area (Å²) < 4.78 is 2.78. The van der Waals surface area contributed by atoms with Crippen LogP contribution < -0.4 is 0 Å². The van der Waals surface area contributed by atoms with Crippen LogP contribution in [0.5, 0.6) is 0 Å². The summed E-state index contributed by atoms with van der Waals surface area (Å²) in [4.78, 5) is 0. The van der Waals surface area contributed by atoms with Gasteiger partial charge in [0.15, 0.2) is 0 Å².